The number of nitrogens with one attached hydrogen (secondary N) is 2. The van der Waals surface area contributed by atoms with Gasteiger partial charge in [-0.05, 0) is 19.4 Å². The summed E-state index contributed by atoms with van der Waals surface area (Å²) in [6, 6.07) is -0.769. The highest BCUT2D eigenvalue weighted by Crippen LogP contribution is 2.05. The first-order valence-electron chi connectivity index (χ1n) is 5.38. The van der Waals surface area contributed by atoms with Crippen LogP contribution in [-0.2, 0) is 14.3 Å². The predicted octanol–water partition coefficient (Wildman–Crippen LogP) is -1.22. The van der Waals surface area contributed by atoms with E-state index in [9.17, 15) is 9.59 Å². The molecule has 0 aromatic heterocycles. The second-order valence-corrected chi connectivity index (χ2v) is 3.82. The Bertz CT molecular complexity index is 251. The van der Waals surface area contributed by atoms with Crippen molar-refractivity contribution in [3.63, 3.8) is 0 Å². The first kappa shape index (κ1) is 12.9. The molecule has 0 aliphatic carbocycles. The third-order valence-corrected chi connectivity index (χ3v) is 2.58. The molecule has 16 heavy (non-hydrogen) atoms. The van der Waals surface area contributed by atoms with E-state index in [0.29, 0.717) is 0 Å². The van der Waals surface area contributed by atoms with Crippen LogP contribution in [0.1, 0.15) is 19.3 Å². The number of amides is 1. The van der Waals surface area contributed by atoms with E-state index in [1.165, 1.54) is 7.11 Å². The van der Waals surface area contributed by atoms with Crippen molar-refractivity contribution in [2.75, 3.05) is 20.3 Å². The Morgan fingerprint density at radius 2 is 2.38 bits per heavy atom. The number of aliphatic hydroxyl groups is 1. The molecule has 1 heterocycles. The topological polar surface area (TPSA) is 87.7 Å². The van der Waals surface area contributed by atoms with Gasteiger partial charge < -0.3 is 20.5 Å². The summed E-state index contributed by atoms with van der Waals surface area (Å²) in [6.07, 6.45) is 1.76. The summed E-state index contributed by atoms with van der Waals surface area (Å²) in [6.45, 7) is 0.562. The average Bonchev–Trinajstić information content (AvgIpc) is 2.81. The fourth-order valence-electron chi connectivity index (χ4n) is 1.66. The van der Waals surface area contributed by atoms with Gasteiger partial charge >= 0.3 is 5.97 Å². The normalized spacial score (nSPS) is 21.5. The van der Waals surface area contributed by atoms with Gasteiger partial charge in [0.05, 0.1) is 32.2 Å². The molecule has 0 unspecified atom stereocenters. The van der Waals surface area contributed by atoms with E-state index in [0.717, 1.165) is 19.4 Å². The summed E-state index contributed by atoms with van der Waals surface area (Å²) >= 11 is 0. The van der Waals surface area contributed by atoms with Crippen molar-refractivity contribution in [1.29, 1.82) is 0 Å². The van der Waals surface area contributed by atoms with Gasteiger partial charge in [0.1, 0.15) is 0 Å². The van der Waals surface area contributed by atoms with Gasteiger partial charge in [-0.2, -0.15) is 0 Å². The molecule has 1 amide bonds. The Balaban J connectivity index is 2.36. The van der Waals surface area contributed by atoms with Gasteiger partial charge in [0.15, 0.2) is 0 Å². The first-order valence-corrected chi connectivity index (χ1v) is 5.38. The fraction of sp³-hybridized carbons (Fsp3) is 0.800. The second kappa shape index (κ2) is 6.44. The van der Waals surface area contributed by atoms with Crippen molar-refractivity contribution in [2.45, 2.75) is 31.3 Å². The molecule has 0 aromatic rings. The van der Waals surface area contributed by atoms with E-state index in [2.05, 4.69) is 15.4 Å². The van der Waals surface area contributed by atoms with Gasteiger partial charge in [-0.25, -0.2) is 0 Å². The van der Waals surface area contributed by atoms with E-state index >= 15 is 0 Å². The number of methoxy groups -OCH3 is 1. The Kier molecular flexibility index (Phi) is 5.21. The van der Waals surface area contributed by atoms with Crippen molar-refractivity contribution >= 4 is 11.9 Å². The number of rotatable bonds is 5. The van der Waals surface area contributed by atoms with Crippen LogP contribution in [0, 0.1) is 0 Å². The standard InChI is InChI=1S/C10H18N2O4/c1-16-9(14)5-7(6-13)12-10(15)8-3-2-4-11-8/h7-8,11,13H,2-6H2,1H3,(H,12,15)/t7-,8+/m1/s1. The molecule has 1 aliphatic heterocycles. The SMILES string of the molecule is COC(=O)C[C@H](CO)NC(=O)[C@@H]1CCCN1. The van der Waals surface area contributed by atoms with Crippen molar-refractivity contribution < 1.29 is 19.4 Å². The molecule has 6 nitrogen and oxygen atoms in total. The number of esters is 1. The van der Waals surface area contributed by atoms with Gasteiger partial charge in [0.2, 0.25) is 5.91 Å². The van der Waals surface area contributed by atoms with Crippen LogP contribution in [0.25, 0.3) is 0 Å². The zero-order valence-corrected chi connectivity index (χ0v) is 9.36. The van der Waals surface area contributed by atoms with E-state index in [4.69, 9.17) is 5.11 Å². The van der Waals surface area contributed by atoms with Crippen LogP contribution in [0.2, 0.25) is 0 Å². The van der Waals surface area contributed by atoms with E-state index < -0.39 is 12.0 Å². The Morgan fingerprint density at radius 3 is 2.88 bits per heavy atom. The van der Waals surface area contributed by atoms with Gasteiger partial charge in [0, 0.05) is 0 Å². The molecule has 1 fully saturated rings. The van der Waals surface area contributed by atoms with Crippen LogP contribution in [-0.4, -0.2) is 49.3 Å². The summed E-state index contributed by atoms with van der Waals surface area (Å²) in [5, 5.41) is 14.7. The van der Waals surface area contributed by atoms with Crippen LogP contribution in [0.4, 0.5) is 0 Å². The smallest absolute Gasteiger partial charge is 0.307 e. The first-order chi connectivity index (χ1) is 7.67. The molecule has 1 aliphatic rings. The van der Waals surface area contributed by atoms with Crippen molar-refractivity contribution in [1.82, 2.24) is 10.6 Å². The van der Waals surface area contributed by atoms with Crippen LogP contribution >= 0.6 is 0 Å². The molecule has 0 bridgehead atoms. The lowest BCUT2D eigenvalue weighted by molar-refractivity contribution is -0.141. The maximum absolute atomic E-state index is 11.6. The van der Waals surface area contributed by atoms with Gasteiger partial charge in [0.25, 0.3) is 0 Å². The zero-order valence-electron chi connectivity index (χ0n) is 9.36. The number of hydrogen-bond donors (Lipinski definition) is 3. The Morgan fingerprint density at radius 1 is 1.62 bits per heavy atom. The molecule has 6 heteroatoms. The van der Waals surface area contributed by atoms with Gasteiger partial charge in [-0.15, -0.1) is 0 Å². The lowest BCUT2D eigenvalue weighted by Crippen LogP contribution is -2.47. The minimum Gasteiger partial charge on any atom is -0.469 e. The van der Waals surface area contributed by atoms with Crippen LogP contribution in [0.3, 0.4) is 0 Å². The molecule has 3 N–H and O–H groups in total. The maximum Gasteiger partial charge on any atom is 0.307 e. The molecule has 2 atom stereocenters. The van der Waals surface area contributed by atoms with Crippen LogP contribution < -0.4 is 10.6 Å². The Hall–Kier alpha value is -1.14. The number of aliphatic hydroxyl groups excluding tert-OH is 1. The van der Waals surface area contributed by atoms with E-state index in [1.54, 1.807) is 0 Å². The highest BCUT2D eigenvalue weighted by atomic mass is 16.5. The summed E-state index contributed by atoms with van der Waals surface area (Å²) < 4.78 is 4.47. The number of ether oxygens (including phenoxy) is 1. The summed E-state index contributed by atoms with van der Waals surface area (Å²) in [5.41, 5.74) is 0. The van der Waals surface area contributed by atoms with Crippen LogP contribution in [0.5, 0.6) is 0 Å². The van der Waals surface area contributed by atoms with Crippen molar-refractivity contribution in [2.24, 2.45) is 0 Å². The molecule has 0 saturated carbocycles. The highest BCUT2D eigenvalue weighted by molar-refractivity contribution is 5.83. The van der Waals surface area contributed by atoms with E-state index in [-0.39, 0.29) is 25.0 Å². The number of carbonyl (C=O) groups excluding carboxylic acids is 2. The molecule has 1 rings (SSSR count). The predicted molar refractivity (Wildman–Crippen MR) is 56.7 cm³/mol. The quantitative estimate of drug-likeness (QED) is 0.515. The Labute approximate surface area is 94.3 Å². The minimum absolute atomic E-state index is 0.00847. The summed E-state index contributed by atoms with van der Waals surface area (Å²) in [5.74, 6) is -0.612. The van der Waals surface area contributed by atoms with Crippen molar-refractivity contribution in [3.05, 3.63) is 0 Å². The molecular weight excluding hydrogens is 212 g/mol. The second-order valence-electron chi connectivity index (χ2n) is 3.82. The monoisotopic (exact) mass is 230 g/mol. The third-order valence-electron chi connectivity index (χ3n) is 2.58. The molecule has 1 saturated heterocycles. The van der Waals surface area contributed by atoms with Gasteiger partial charge in [-0.1, -0.05) is 0 Å². The largest absolute Gasteiger partial charge is 0.469 e. The average molecular weight is 230 g/mol. The van der Waals surface area contributed by atoms with Crippen molar-refractivity contribution in [3.8, 4) is 0 Å². The van der Waals surface area contributed by atoms with Crippen LogP contribution in [0.15, 0.2) is 0 Å². The third kappa shape index (κ3) is 3.79. The highest BCUT2D eigenvalue weighted by Gasteiger charge is 2.24. The summed E-state index contributed by atoms with van der Waals surface area (Å²) in [4.78, 5) is 22.6. The van der Waals surface area contributed by atoms with Gasteiger partial charge in [-0.3, -0.25) is 9.59 Å². The van der Waals surface area contributed by atoms with E-state index in [1.807, 2.05) is 0 Å². The summed E-state index contributed by atoms with van der Waals surface area (Å²) in [7, 11) is 1.27. The maximum atomic E-state index is 11.6. The minimum atomic E-state index is -0.567. The molecule has 0 spiro atoms. The molecule has 0 aromatic carbocycles. The lowest BCUT2D eigenvalue weighted by Gasteiger charge is -2.17. The zero-order chi connectivity index (χ0) is 12.0. The molecule has 92 valence electrons. The molecule has 0 radical (unpaired) electrons. The molecular formula is C10H18N2O4. The lowest BCUT2D eigenvalue weighted by atomic mass is 10.1. The fourth-order valence-corrected chi connectivity index (χ4v) is 1.66. The number of carbonyl (C=O) groups is 2. The number of hydrogen-bond acceptors (Lipinski definition) is 5.